The van der Waals surface area contributed by atoms with Crippen LogP contribution >= 0.6 is 0 Å². The second-order valence-corrected chi connectivity index (χ2v) is 6.04. The van der Waals surface area contributed by atoms with Gasteiger partial charge in [0.1, 0.15) is 0 Å². The number of benzene rings is 2. The summed E-state index contributed by atoms with van der Waals surface area (Å²) in [5.41, 5.74) is 5.44. The number of hydrogen-bond acceptors (Lipinski definition) is 0. The molecule has 0 atom stereocenters. The zero-order chi connectivity index (χ0) is 14.3. The molecule has 0 N–H and O–H groups in total. The molecule has 0 aliphatic rings. The van der Waals surface area contributed by atoms with Crippen LogP contribution in [0.3, 0.4) is 0 Å². The molecular formula is C19H21N. The molecule has 0 aliphatic carbocycles. The standard InChI is InChI=1S/C19H21N/c1-14-16-12-8-9-13-17(16)20(4)18(14)19(2,3)15-10-6-5-7-11-15/h5-13H,1-4H3. The molecule has 3 rings (SSSR count). The van der Waals surface area contributed by atoms with E-state index in [0.29, 0.717) is 0 Å². The van der Waals surface area contributed by atoms with E-state index in [2.05, 4.69) is 87.0 Å². The van der Waals surface area contributed by atoms with Crippen molar-refractivity contribution in [1.82, 2.24) is 4.57 Å². The quantitative estimate of drug-likeness (QED) is 0.625. The third-order valence-corrected chi connectivity index (χ3v) is 4.45. The van der Waals surface area contributed by atoms with Crippen LogP contribution in [0, 0.1) is 6.92 Å². The molecule has 2 aromatic carbocycles. The molecule has 0 unspecified atom stereocenters. The van der Waals surface area contributed by atoms with E-state index in [1.807, 2.05) is 0 Å². The Morgan fingerprint density at radius 2 is 1.45 bits per heavy atom. The van der Waals surface area contributed by atoms with E-state index in [1.54, 1.807) is 0 Å². The van der Waals surface area contributed by atoms with Gasteiger partial charge >= 0.3 is 0 Å². The van der Waals surface area contributed by atoms with Gasteiger partial charge in [-0.2, -0.15) is 0 Å². The highest BCUT2D eigenvalue weighted by Gasteiger charge is 2.29. The Morgan fingerprint density at radius 1 is 0.850 bits per heavy atom. The van der Waals surface area contributed by atoms with Gasteiger partial charge in [-0.05, 0) is 24.1 Å². The van der Waals surface area contributed by atoms with Crippen molar-refractivity contribution in [3.8, 4) is 0 Å². The molecule has 0 spiro atoms. The zero-order valence-electron chi connectivity index (χ0n) is 12.6. The van der Waals surface area contributed by atoms with Gasteiger partial charge in [-0.15, -0.1) is 0 Å². The van der Waals surface area contributed by atoms with Gasteiger partial charge in [0.25, 0.3) is 0 Å². The summed E-state index contributed by atoms with van der Waals surface area (Å²) in [7, 11) is 2.18. The van der Waals surface area contributed by atoms with Gasteiger partial charge in [0.2, 0.25) is 0 Å². The van der Waals surface area contributed by atoms with Crippen LogP contribution in [0.1, 0.15) is 30.7 Å². The third kappa shape index (κ3) is 1.77. The number of aryl methyl sites for hydroxylation is 2. The topological polar surface area (TPSA) is 4.93 Å². The summed E-state index contributed by atoms with van der Waals surface area (Å²) in [6.45, 7) is 6.86. The molecule has 0 saturated carbocycles. The normalized spacial score (nSPS) is 12.0. The average molecular weight is 263 g/mol. The van der Waals surface area contributed by atoms with E-state index in [0.717, 1.165) is 0 Å². The lowest BCUT2D eigenvalue weighted by molar-refractivity contribution is 0.586. The van der Waals surface area contributed by atoms with E-state index in [1.165, 1.54) is 27.7 Å². The highest BCUT2D eigenvalue weighted by molar-refractivity contribution is 5.86. The summed E-state index contributed by atoms with van der Waals surface area (Å²) in [6.07, 6.45) is 0. The fourth-order valence-electron chi connectivity index (χ4n) is 3.46. The van der Waals surface area contributed by atoms with E-state index in [-0.39, 0.29) is 5.41 Å². The first-order chi connectivity index (χ1) is 9.53. The smallest absolute Gasteiger partial charge is 0.0482 e. The van der Waals surface area contributed by atoms with Crippen molar-refractivity contribution in [1.29, 1.82) is 0 Å². The minimum atomic E-state index is -0.000880. The van der Waals surface area contributed by atoms with Crippen molar-refractivity contribution < 1.29 is 0 Å². The second-order valence-electron chi connectivity index (χ2n) is 6.04. The Bertz CT molecular complexity index is 709. The highest BCUT2D eigenvalue weighted by Crippen LogP contribution is 2.37. The lowest BCUT2D eigenvalue weighted by atomic mass is 9.80. The number of hydrogen-bond donors (Lipinski definition) is 0. The van der Waals surface area contributed by atoms with Gasteiger partial charge in [-0.1, -0.05) is 62.4 Å². The van der Waals surface area contributed by atoms with E-state index in [4.69, 9.17) is 0 Å². The van der Waals surface area contributed by atoms with Crippen LogP contribution in [0.4, 0.5) is 0 Å². The zero-order valence-corrected chi connectivity index (χ0v) is 12.6. The molecule has 3 aromatic rings. The minimum Gasteiger partial charge on any atom is -0.347 e. The highest BCUT2D eigenvalue weighted by atomic mass is 15.0. The van der Waals surface area contributed by atoms with Gasteiger partial charge in [-0.3, -0.25) is 0 Å². The number of aromatic nitrogens is 1. The first-order valence-corrected chi connectivity index (χ1v) is 7.13. The molecule has 0 saturated heterocycles. The SMILES string of the molecule is Cc1c(C(C)(C)c2ccccc2)n(C)c2ccccc12. The molecule has 1 heterocycles. The molecule has 1 nitrogen and oxygen atoms in total. The fourth-order valence-corrected chi connectivity index (χ4v) is 3.46. The van der Waals surface area contributed by atoms with Gasteiger partial charge in [0.15, 0.2) is 0 Å². The summed E-state index contributed by atoms with van der Waals surface area (Å²) < 4.78 is 2.34. The number of nitrogens with zero attached hydrogens (tertiary/aromatic N) is 1. The molecule has 0 bridgehead atoms. The predicted octanol–water partition coefficient (Wildman–Crippen LogP) is 4.81. The summed E-state index contributed by atoms with van der Waals surface area (Å²) in [5, 5.41) is 1.36. The molecule has 0 amide bonds. The van der Waals surface area contributed by atoms with Crippen molar-refractivity contribution >= 4 is 10.9 Å². The van der Waals surface area contributed by atoms with E-state index >= 15 is 0 Å². The van der Waals surface area contributed by atoms with Crippen molar-refractivity contribution in [2.24, 2.45) is 7.05 Å². The Balaban J connectivity index is 2.29. The average Bonchev–Trinajstić information content (AvgIpc) is 2.73. The van der Waals surface area contributed by atoms with Crippen molar-refractivity contribution in [2.45, 2.75) is 26.2 Å². The maximum Gasteiger partial charge on any atom is 0.0482 e. The molecular weight excluding hydrogens is 242 g/mol. The lowest BCUT2D eigenvalue weighted by Gasteiger charge is -2.27. The van der Waals surface area contributed by atoms with Gasteiger partial charge < -0.3 is 4.57 Å². The van der Waals surface area contributed by atoms with Crippen LogP contribution in [0.5, 0.6) is 0 Å². The Morgan fingerprint density at radius 3 is 2.10 bits per heavy atom. The number of para-hydroxylation sites is 1. The van der Waals surface area contributed by atoms with Gasteiger partial charge in [-0.25, -0.2) is 0 Å². The van der Waals surface area contributed by atoms with Crippen LogP contribution in [0.2, 0.25) is 0 Å². The van der Waals surface area contributed by atoms with Gasteiger partial charge in [0.05, 0.1) is 0 Å². The van der Waals surface area contributed by atoms with E-state index in [9.17, 15) is 0 Å². The first-order valence-electron chi connectivity index (χ1n) is 7.13. The largest absolute Gasteiger partial charge is 0.347 e. The Kier molecular flexibility index (Phi) is 2.93. The molecule has 102 valence electrons. The van der Waals surface area contributed by atoms with Crippen molar-refractivity contribution in [2.75, 3.05) is 0 Å². The molecule has 0 fully saturated rings. The summed E-state index contributed by atoms with van der Waals surface area (Å²) in [4.78, 5) is 0. The van der Waals surface area contributed by atoms with Crippen LogP contribution < -0.4 is 0 Å². The Labute approximate surface area is 120 Å². The van der Waals surface area contributed by atoms with E-state index < -0.39 is 0 Å². The van der Waals surface area contributed by atoms with Crippen LogP contribution in [-0.4, -0.2) is 4.57 Å². The molecule has 1 aromatic heterocycles. The molecule has 0 aliphatic heterocycles. The maximum atomic E-state index is 2.34. The summed E-state index contributed by atoms with van der Waals surface area (Å²) in [5.74, 6) is 0. The maximum absolute atomic E-state index is 2.34. The monoisotopic (exact) mass is 263 g/mol. The van der Waals surface area contributed by atoms with Crippen molar-refractivity contribution in [3.05, 3.63) is 71.4 Å². The van der Waals surface area contributed by atoms with Gasteiger partial charge in [0, 0.05) is 29.1 Å². The molecule has 0 radical (unpaired) electrons. The third-order valence-electron chi connectivity index (χ3n) is 4.45. The van der Waals surface area contributed by atoms with Crippen molar-refractivity contribution in [3.63, 3.8) is 0 Å². The fraction of sp³-hybridized carbons (Fsp3) is 0.263. The molecule has 1 heteroatoms. The number of fused-ring (bicyclic) bond motifs is 1. The van der Waals surface area contributed by atoms with Crippen LogP contribution in [0.25, 0.3) is 10.9 Å². The predicted molar refractivity (Wildman–Crippen MR) is 86.2 cm³/mol. The van der Waals surface area contributed by atoms with Crippen LogP contribution in [0.15, 0.2) is 54.6 Å². The lowest BCUT2D eigenvalue weighted by Crippen LogP contribution is -2.23. The Hall–Kier alpha value is -2.02. The minimum absolute atomic E-state index is 0.000880. The summed E-state index contributed by atoms with van der Waals surface area (Å²) in [6, 6.07) is 19.4. The van der Waals surface area contributed by atoms with Crippen LogP contribution in [-0.2, 0) is 12.5 Å². The second kappa shape index (κ2) is 4.52. The first kappa shape index (κ1) is 13.0. The number of rotatable bonds is 2. The molecule has 20 heavy (non-hydrogen) atoms. The summed E-state index contributed by atoms with van der Waals surface area (Å²) >= 11 is 0.